The minimum absolute atomic E-state index is 0.116. The summed E-state index contributed by atoms with van der Waals surface area (Å²) >= 11 is 0. The summed E-state index contributed by atoms with van der Waals surface area (Å²) in [5.41, 5.74) is 4.05. The van der Waals surface area contributed by atoms with E-state index in [1.165, 1.54) is 40.8 Å². The molecule has 0 heterocycles. The zero-order valence-corrected chi connectivity index (χ0v) is 17.4. The summed E-state index contributed by atoms with van der Waals surface area (Å²) in [6.45, 7) is 10.8. The Morgan fingerprint density at radius 2 is 1.52 bits per heavy atom. The van der Waals surface area contributed by atoms with Gasteiger partial charge in [0.2, 0.25) is 0 Å². The molecule has 0 aliphatic heterocycles. The molecule has 0 saturated heterocycles. The molecular weight excluding hydrogens is 320 g/mol. The Morgan fingerprint density at radius 1 is 0.960 bits per heavy atom. The van der Waals surface area contributed by atoms with Crippen molar-refractivity contribution in [1.29, 1.82) is 0 Å². The highest BCUT2D eigenvalue weighted by Crippen LogP contribution is 2.17. The number of ketones is 1. The SMILES string of the molecule is CC(=O)[C@@H](C)Cc1ccc([Si](C)(C)CCCc2ccc(C)cc2)cc1. The second-order valence-corrected chi connectivity index (χ2v) is 13.0. The van der Waals surface area contributed by atoms with E-state index >= 15 is 0 Å². The molecule has 1 atom stereocenters. The minimum Gasteiger partial charge on any atom is -0.300 e. The van der Waals surface area contributed by atoms with Gasteiger partial charge in [-0.25, -0.2) is 0 Å². The number of hydrogen-bond acceptors (Lipinski definition) is 1. The maximum Gasteiger partial charge on any atom is 0.132 e. The fourth-order valence-electron chi connectivity index (χ4n) is 3.22. The Kier molecular flexibility index (Phi) is 6.77. The summed E-state index contributed by atoms with van der Waals surface area (Å²) in [6, 6.07) is 19.3. The number of hydrogen-bond donors (Lipinski definition) is 0. The molecular formula is C23H32OSi. The van der Waals surface area contributed by atoms with Gasteiger partial charge in [0.05, 0.1) is 8.07 Å². The highest BCUT2D eigenvalue weighted by molar-refractivity contribution is 6.89. The van der Waals surface area contributed by atoms with Crippen molar-refractivity contribution in [2.45, 2.75) is 59.2 Å². The van der Waals surface area contributed by atoms with Crippen molar-refractivity contribution >= 4 is 19.0 Å². The Morgan fingerprint density at radius 3 is 2.08 bits per heavy atom. The number of benzene rings is 2. The smallest absolute Gasteiger partial charge is 0.132 e. The Labute approximate surface area is 154 Å². The standard InChI is InChI=1S/C23H32OSi/c1-18-8-10-21(11-9-18)7-6-16-25(4,5)23-14-12-22(13-15-23)17-19(2)20(3)24/h8-15,19H,6-7,16-17H2,1-5H3/t19-/m0/s1. The quantitative estimate of drug-likeness (QED) is 0.588. The molecule has 0 aliphatic carbocycles. The molecule has 2 heteroatoms. The van der Waals surface area contributed by atoms with Crippen molar-refractivity contribution in [2.24, 2.45) is 5.92 Å². The molecule has 0 spiro atoms. The molecule has 1 nitrogen and oxygen atoms in total. The highest BCUT2D eigenvalue weighted by Gasteiger charge is 2.22. The van der Waals surface area contributed by atoms with Crippen LogP contribution in [0.25, 0.3) is 0 Å². The zero-order valence-electron chi connectivity index (χ0n) is 16.4. The van der Waals surface area contributed by atoms with Crippen LogP contribution in [0, 0.1) is 12.8 Å². The first-order chi connectivity index (χ1) is 11.8. The summed E-state index contributed by atoms with van der Waals surface area (Å²) in [4.78, 5) is 11.4. The van der Waals surface area contributed by atoms with E-state index in [4.69, 9.17) is 0 Å². The van der Waals surface area contributed by atoms with Crippen LogP contribution in [0.4, 0.5) is 0 Å². The third-order valence-electron chi connectivity index (χ3n) is 5.36. The molecule has 2 aromatic carbocycles. The van der Waals surface area contributed by atoms with E-state index in [9.17, 15) is 4.79 Å². The van der Waals surface area contributed by atoms with E-state index in [0.29, 0.717) is 0 Å². The van der Waals surface area contributed by atoms with Crippen molar-refractivity contribution in [2.75, 3.05) is 0 Å². The number of rotatable bonds is 8. The second-order valence-electron chi connectivity index (χ2n) is 8.14. The van der Waals surface area contributed by atoms with Crippen LogP contribution in [0.1, 0.15) is 37.0 Å². The number of carbonyl (C=O) groups excluding carboxylic acids is 1. The molecule has 0 radical (unpaired) electrons. The van der Waals surface area contributed by atoms with Gasteiger partial charge in [-0.15, -0.1) is 0 Å². The van der Waals surface area contributed by atoms with Crippen LogP contribution in [0.2, 0.25) is 19.1 Å². The lowest BCUT2D eigenvalue weighted by Crippen LogP contribution is -2.41. The van der Waals surface area contributed by atoms with Gasteiger partial charge >= 0.3 is 0 Å². The molecule has 2 rings (SSSR count). The molecule has 2 aromatic rings. The van der Waals surface area contributed by atoms with Gasteiger partial charge in [-0.1, -0.05) is 91.8 Å². The van der Waals surface area contributed by atoms with E-state index in [2.05, 4.69) is 68.5 Å². The van der Waals surface area contributed by atoms with Crippen molar-refractivity contribution in [3.63, 3.8) is 0 Å². The fourth-order valence-corrected chi connectivity index (χ4v) is 5.64. The second kappa shape index (κ2) is 8.62. The third kappa shape index (κ3) is 5.96. The van der Waals surface area contributed by atoms with Crippen LogP contribution in [0.15, 0.2) is 48.5 Å². The largest absolute Gasteiger partial charge is 0.300 e. The lowest BCUT2D eigenvalue weighted by Gasteiger charge is -2.23. The van der Waals surface area contributed by atoms with E-state index in [0.717, 1.165) is 6.42 Å². The molecule has 0 aromatic heterocycles. The molecule has 0 unspecified atom stereocenters. The lowest BCUT2D eigenvalue weighted by atomic mass is 9.98. The minimum atomic E-state index is -1.40. The fraction of sp³-hybridized carbons (Fsp3) is 0.435. The average Bonchev–Trinajstić information content (AvgIpc) is 2.57. The first kappa shape index (κ1) is 19.6. The number of aryl methyl sites for hydroxylation is 2. The van der Waals surface area contributed by atoms with Gasteiger partial charge < -0.3 is 0 Å². The van der Waals surface area contributed by atoms with Gasteiger partial charge in [0.25, 0.3) is 0 Å². The van der Waals surface area contributed by atoms with E-state index in [1.54, 1.807) is 6.92 Å². The maximum atomic E-state index is 11.4. The Balaban J connectivity index is 1.92. The van der Waals surface area contributed by atoms with Gasteiger partial charge in [0.1, 0.15) is 5.78 Å². The lowest BCUT2D eigenvalue weighted by molar-refractivity contribution is -0.120. The molecule has 0 saturated carbocycles. The average molecular weight is 353 g/mol. The van der Waals surface area contributed by atoms with Crippen LogP contribution in [0.3, 0.4) is 0 Å². The molecule has 0 aliphatic rings. The van der Waals surface area contributed by atoms with Gasteiger partial charge in [-0.2, -0.15) is 0 Å². The van der Waals surface area contributed by atoms with E-state index in [1.807, 2.05) is 6.92 Å². The van der Waals surface area contributed by atoms with Crippen LogP contribution in [-0.4, -0.2) is 13.9 Å². The molecule has 0 amide bonds. The zero-order chi connectivity index (χ0) is 18.4. The molecule has 0 fully saturated rings. The summed E-state index contributed by atoms with van der Waals surface area (Å²) in [6.07, 6.45) is 3.28. The highest BCUT2D eigenvalue weighted by atomic mass is 28.3. The first-order valence-corrected chi connectivity index (χ1v) is 12.6. The predicted molar refractivity (Wildman–Crippen MR) is 111 cm³/mol. The van der Waals surface area contributed by atoms with E-state index < -0.39 is 8.07 Å². The van der Waals surface area contributed by atoms with Crippen molar-refractivity contribution in [3.8, 4) is 0 Å². The maximum absolute atomic E-state index is 11.4. The third-order valence-corrected chi connectivity index (χ3v) is 8.86. The van der Waals surface area contributed by atoms with Gasteiger partial charge in [-0.3, -0.25) is 4.79 Å². The van der Waals surface area contributed by atoms with Gasteiger partial charge in [0.15, 0.2) is 0 Å². The summed E-state index contributed by atoms with van der Waals surface area (Å²) in [5, 5.41) is 1.52. The van der Waals surface area contributed by atoms with Crippen LogP contribution < -0.4 is 5.19 Å². The molecule has 0 N–H and O–H groups in total. The normalized spacial score (nSPS) is 12.8. The monoisotopic (exact) mass is 352 g/mol. The Bertz CT molecular complexity index is 683. The van der Waals surface area contributed by atoms with Crippen molar-refractivity contribution in [1.82, 2.24) is 0 Å². The van der Waals surface area contributed by atoms with Gasteiger partial charge in [-0.05, 0) is 37.8 Å². The number of carbonyl (C=O) groups is 1. The summed E-state index contributed by atoms with van der Waals surface area (Å²) in [5.74, 6) is 0.389. The van der Waals surface area contributed by atoms with E-state index in [-0.39, 0.29) is 11.7 Å². The van der Waals surface area contributed by atoms with Crippen LogP contribution in [0.5, 0.6) is 0 Å². The van der Waals surface area contributed by atoms with Crippen LogP contribution in [-0.2, 0) is 17.6 Å². The topological polar surface area (TPSA) is 17.1 Å². The van der Waals surface area contributed by atoms with Crippen molar-refractivity contribution in [3.05, 3.63) is 65.2 Å². The Hall–Kier alpha value is -1.67. The van der Waals surface area contributed by atoms with Crippen molar-refractivity contribution < 1.29 is 4.79 Å². The molecule has 25 heavy (non-hydrogen) atoms. The number of Topliss-reactive ketones (excluding diaryl/α,β-unsaturated/α-hetero) is 1. The first-order valence-electron chi connectivity index (χ1n) is 9.43. The summed E-state index contributed by atoms with van der Waals surface area (Å²) < 4.78 is 0. The molecule has 134 valence electrons. The van der Waals surface area contributed by atoms with Crippen LogP contribution >= 0.6 is 0 Å². The predicted octanol–water partition coefficient (Wildman–Crippen LogP) is 5.31. The van der Waals surface area contributed by atoms with Gasteiger partial charge in [0, 0.05) is 5.92 Å². The summed E-state index contributed by atoms with van der Waals surface area (Å²) in [7, 11) is -1.40. The molecule has 0 bridgehead atoms.